The number of pyridine rings is 2. The Hall–Kier alpha value is -1.34. The average Bonchev–Trinajstić information content (AvgIpc) is 3.56. The van der Waals surface area contributed by atoms with E-state index in [9.17, 15) is 0 Å². The molecule has 152 valence electrons. The molecule has 0 saturated heterocycles. The molecule has 5 rings (SSSR count). The number of hydrogen-bond donors (Lipinski definition) is 0. The van der Waals surface area contributed by atoms with Gasteiger partial charge < -0.3 is 0 Å². The van der Waals surface area contributed by atoms with Gasteiger partial charge in [-0.05, 0) is 64.2 Å². The third kappa shape index (κ3) is 10.7. The molecule has 0 bridgehead atoms. The first-order valence-corrected chi connectivity index (χ1v) is 10.3. The Balaban J connectivity index is 0.000000254. The van der Waals surface area contributed by atoms with E-state index in [1.165, 1.54) is 24.0 Å². The van der Waals surface area contributed by atoms with Gasteiger partial charge in [-0.1, -0.05) is 49.2 Å². The summed E-state index contributed by atoms with van der Waals surface area (Å²) in [4.78, 5) is 8.65. The first-order chi connectivity index (χ1) is 14.9. The molecule has 3 heteroatoms. The van der Waals surface area contributed by atoms with Crippen LogP contribution in [0.5, 0.6) is 0 Å². The predicted octanol–water partition coefficient (Wildman–Crippen LogP) is 5.95. The molecule has 2 aromatic rings. The summed E-state index contributed by atoms with van der Waals surface area (Å²) in [6.07, 6.45) is 35.0. The second-order valence-corrected chi connectivity index (χ2v) is 6.77. The Kier molecular flexibility index (Phi) is 13.6. The van der Waals surface area contributed by atoms with Crippen molar-refractivity contribution in [2.45, 2.75) is 25.7 Å². The molecule has 0 amide bonds. The molecule has 3 aliphatic rings. The van der Waals surface area contributed by atoms with Crippen LogP contribution >= 0.6 is 0 Å². The summed E-state index contributed by atoms with van der Waals surface area (Å²) in [7, 11) is 0. The van der Waals surface area contributed by atoms with Crippen molar-refractivity contribution in [3.63, 3.8) is 0 Å². The van der Waals surface area contributed by atoms with Crippen LogP contribution in [0, 0.1) is 76.4 Å². The largest absolute Gasteiger partial charge is 2.00 e. The van der Waals surface area contributed by atoms with E-state index in [2.05, 4.69) is 22.1 Å². The SMILES string of the molecule is [C-](=C1CCCCC1=[C-]c1ccccn1)c1ccccn1.[CH]1[CH][CH][CH][CH]1.[CH]1[CH][CH][CH][CH]1.[Zr+2]. The minimum absolute atomic E-state index is 0. The van der Waals surface area contributed by atoms with E-state index in [1.807, 2.05) is 101 Å². The standard InChI is InChI=1S/C18H16N2.2C5H5.Zr/c1-2-8-16(14-18-10-4-6-12-20-18)15(7-1)13-17-9-3-5-11-19-17;2*1-2-4-5-3-1;/h3-6,9-12H,1-2,7-8H2;2*1-5H;/q-2;;;+2. The van der Waals surface area contributed by atoms with Gasteiger partial charge in [0.05, 0.1) is 0 Å². The van der Waals surface area contributed by atoms with Gasteiger partial charge in [-0.25, -0.2) is 12.2 Å². The molecule has 2 nitrogen and oxygen atoms in total. The molecule has 10 radical (unpaired) electrons. The van der Waals surface area contributed by atoms with Gasteiger partial charge >= 0.3 is 26.2 Å². The molecule has 0 spiro atoms. The van der Waals surface area contributed by atoms with Crippen molar-refractivity contribution in [2.75, 3.05) is 0 Å². The van der Waals surface area contributed by atoms with Crippen LogP contribution in [0.15, 0.2) is 59.9 Å². The number of nitrogens with zero attached hydrogens (tertiary/aromatic N) is 2. The molecule has 0 unspecified atom stereocenters. The maximum Gasteiger partial charge on any atom is 2.00 e. The zero-order chi connectivity index (χ0) is 20.7. The van der Waals surface area contributed by atoms with Gasteiger partial charge in [0.2, 0.25) is 0 Å². The van der Waals surface area contributed by atoms with Crippen LogP contribution in [-0.4, -0.2) is 9.97 Å². The maximum atomic E-state index is 4.33. The summed E-state index contributed by atoms with van der Waals surface area (Å²) < 4.78 is 0. The fraction of sp³-hybridized carbons (Fsp3) is 0.143. The van der Waals surface area contributed by atoms with Crippen molar-refractivity contribution < 1.29 is 26.2 Å². The monoisotopic (exact) mass is 480 g/mol. The summed E-state index contributed by atoms with van der Waals surface area (Å²) in [5.74, 6) is 0. The molecule has 3 fully saturated rings. The molecule has 0 aromatic carbocycles. The van der Waals surface area contributed by atoms with Gasteiger partial charge in [-0.15, -0.1) is 24.3 Å². The fourth-order valence-electron chi connectivity index (χ4n) is 3.01. The van der Waals surface area contributed by atoms with Gasteiger partial charge in [0.1, 0.15) is 0 Å². The topological polar surface area (TPSA) is 25.8 Å². The number of hydrogen-bond acceptors (Lipinski definition) is 2. The van der Waals surface area contributed by atoms with Crippen LogP contribution in [-0.2, 0) is 26.2 Å². The minimum Gasteiger partial charge on any atom is -0.285 e. The summed E-state index contributed by atoms with van der Waals surface area (Å²) in [6.45, 7) is 0. The van der Waals surface area contributed by atoms with Gasteiger partial charge in [0.15, 0.2) is 0 Å². The van der Waals surface area contributed by atoms with Gasteiger partial charge in [0.25, 0.3) is 0 Å². The second kappa shape index (κ2) is 16.3. The number of aromatic nitrogens is 2. The molecule has 2 aromatic heterocycles. The van der Waals surface area contributed by atoms with Crippen LogP contribution in [0.2, 0.25) is 0 Å². The van der Waals surface area contributed by atoms with Gasteiger partial charge in [-0.2, -0.15) is 0 Å². The number of allylic oxidation sites excluding steroid dienone is 2. The zero-order valence-electron chi connectivity index (χ0n) is 17.6. The van der Waals surface area contributed by atoms with Crippen molar-refractivity contribution in [1.29, 1.82) is 0 Å². The van der Waals surface area contributed by atoms with Gasteiger partial charge in [0, 0.05) is 12.4 Å². The first kappa shape index (κ1) is 25.9. The normalized spacial score (nSPS) is 20.3. The smallest absolute Gasteiger partial charge is 0.285 e. The Labute approximate surface area is 208 Å². The van der Waals surface area contributed by atoms with Crippen molar-refractivity contribution in [1.82, 2.24) is 9.97 Å². The van der Waals surface area contributed by atoms with E-state index in [4.69, 9.17) is 0 Å². The molecule has 31 heavy (non-hydrogen) atoms. The van der Waals surface area contributed by atoms with Crippen LogP contribution < -0.4 is 0 Å². The Bertz CT molecular complexity index is 677. The summed E-state index contributed by atoms with van der Waals surface area (Å²) >= 11 is 0. The molecule has 3 saturated carbocycles. The maximum absolute atomic E-state index is 4.33. The van der Waals surface area contributed by atoms with E-state index >= 15 is 0 Å². The van der Waals surface area contributed by atoms with Crippen LogP contribution in [0.4, 0.5) is 0 Å². The van der Waals surface area contributed by atoms with Crippen LogP contribution in [0.25, 0.3) is 0 Å². The first-order valence-electron chi connectivity index (χ1n) is 10.3. The molecular formula is C28H26N2Zr. The fourth-order valence-corrected chi connectivity index (χ4v) is 3.01. The van der Waals surface area contributed by atoms with E-state index in [0.717, 1.165) is 24.2 Å². The quantitative estimate of drug-likeness (QED) is 0.496. The van der Waals surface area contributed by atoms with Crippen LogP contribution in [0.3, 0.4) is 0 Å². The Morgan fingerprint density at radius 2 is 0.871 bits per heavy atom. The molecular weight excluding hydrogens is 456 g/mol. The van der Waals surface area contributed by atoms with E-state index in [1.54, 1.807) is 12.4 Å². The second-order valence-electron chi connectivity index (χ2n) is 6.77. The Morgan fingerprint density at radius 3 is 1.16 bits per heavy atom. The molecule has 3 aliphatic carbocycles. The third-order valence-corrected chi connectivity index (χ3v) is 4.47. The van der Waals surface area contributed by atoms with E-state index < -0.39 is 0 Å². The van der Waals surface area contributed by atoms with Crippen molar-refractivity contribution in [3.05, 3.63) is 148 Å². The zero-order valence-corrected chi connectivity index (χ0v) is 20.1. The van der Waals surface area contributed by atoms with Crippen LogP contribution in [0.1, 0.15) is 37.1 Å². The number of rotatable bonds is 2. The summed E-state index contributed by atoms with van der Waals surface area (Å²) in [5, 5.41) is 0. The van der Waals surface area contributed by atoms with Crippen molar-refractivity contribution >= 4 is 0 Å². The predicted molar refractivity (Wildman–Crippen MR) is 122 cm³/mol. The van der Waals surface area contributed by atoms with E-state index in [0.29, 0.717) is 0 Å². The molecule has 2 heterocycles. The van der Waals surface area contributed by atoms with Crippen molar-refractivity contribution in [3.8, 4) is 0 Å². The molecule has 0 aliphatic heterocycles. The third-order valence-electron chi connectivity index (χ3n) is 4.47. The minimum atomic E-state index is 0. The van der Waals surface area contributed by atoms with Gasteiger partial charge in [-0.3, -0.25) is 21.1 Å². The summed E-state index contributed by atoms with van der Waals surface area (Å²) in [5.41, 5.74) is 4.23. The average molecular weight is 482 g/mol. The van der Waals surface area contributed by atoms with E-state index in [-0.39, 0.29) is 26.2 Å². The van der Waals surface area contributed by atoms with Crippen molar-refractivity contribution in [2.24, 2.45) is 0 Å². The summed E-state index contributed by atoms with van der Waals surface area (Å²) in [6, 6.07) is 11.8. The Morgan fingerprint density at radius 1 is 0.516 bits per heavy atom. The molecule has 0 atom stereocenters. The molecule has 0 N–H and O–H groups in total.